The maximum Gasteiger partial charge on any atom is 0.358 e. The standard InChI is InChI=1S/C18H15NO5/c20-18(21)16-12-17(24-19-16)13-6-8-15(9-7-13)23-11-10-22-14-4-2-1-3-5-14/h1-9,12H,10-11H2,(H,20,21). The van der Waals surface area contributed by atoms with E-state index >= 15 is 0 Å². The van der Waals surface area contributed by atoms with E-state index in [-0.39, 0.29) is 5.69 Å². The molecule has 0 spiro atoms. The first-order valence-corrected chi connectivity index (χ1v) is 7.33. The SMILES string of the molecule is O=C(O)c1cc(-c2ccc(OCCOc3ccccc3)cc2)on1. The number of benzene rings is 2. The van der Waals surface area contributed by atoms with E-state index in [0.29, 0.717) is 24.7 Å². The quantitative estimate of drug-likeness (QED) is 0.670. The van der Waals surface area contributed by atoms with Crippen LogP contribution in [0.25, 0.3) is 11.3 Å². The van der Waals surface area contributed by atoms with Gasteiger partial charge < -0.3 is 19.1 Å². The molecule has 0 saturated carbocycles. The Balaban J connectivity index is 1.51. The van der Waals surface area contributed by atoms with E-state index in [9.17, 15) is 4.79 Å². The van der Waals surface area contributed by atoms with Crippen LogP contribution in [0.15, 0.2) is 65.2 Å². The summed E-state index contributed by atoms with van der Waals surface area (Å²) in [6.07, 6.45) is 0. The van der Waals surface area contributed by atoms with E-state index < -0.39 is 5.97 Å². The zero-order valence-electron chi connectivity index (χ0n) is 12.7. The summed E-state index contributed by atoms with van der Waals surface area (Å²) in [6, 6.07) is 18.0. The van der Waals surface area contributed by atoms with Gasteiger partial charge in [0.15, 0.2) is 11.5 Å². The van der Waals surface area contributed by atoms with E-state index in [0.717, 1.165) is 11.3 Å². The lowest BCUT2D eigenvalue weighted by molar-refractivity contribution is 0.0686. The summed E-state index contributed by atoms with van der Waals surface area (Å²) in [6.45, 7) is 0.857. The van der Waals surface area contributed by atoms with Gasteiger partial charge >= 0.3 is 5.97 Å². The maximum atomic E-state index is 10.8. The molecule has 3 aromatic rings. The Morgan fingerprint density at radius 1 is 0.958 bits per heavy atom. The lowest BCUT2D eigenvalue weighted by Crippen LogP contribution is -2.08. The smallest absolute Gasteiger partial charge is 0.358 e. The van der Waals surface area contributed by atoms with Gasteiger partial charge in [-0.05, 0) is 36.4 Å². The Kier molecular flexibility index (Phi) is 4.76. The summed E-state index contributed by atoms with van der Waals surface area (Å²) in [4.78, 5) is 10.8. The molecule has 1 heterocycles. The van der Waals surface area contributed by atoms with Gasteiger partial charge in [-0.15, -0.1) is 0 Å². The number of ether oxygens (including phenoxy) is 2. The lowest BCUT2D eigenvalue weighted by Gasteiger charge is -2.08. The van der Waals surface area contributed by atoms with Gasteiger partial charge in [0, 0.05) is 11.6 Å². The highest BCUT2D eigenvalue weighted by Crippen LogP contribution is 2.23. The topological polar surface area (TPSA) is 81.8 Å². The zero-order chi connectivity index (χ0) is 16.8. The molecule has 0 aliphatic carbocycles. The van der Waals surface area contributed by atoms with Crippen molar-refractivity contribution >= 4 is 5.97 Å². The number of hydrogen-bond acceptors (Lipinski definition) is 5. The molecule has 122 valence electrons. The third-order valence-corrected chi connectivity index (χ3v) is 3.23. The fourth-order valence-electron chi connectivity index (χ4n) is 2.06. The van der Waals surface area contributed by atoms with E-state index in [2.05, 4.69) is 5.16 Å². The van der Waals surface area contributed by atoms with Crippen molar-refractivity contribution in [3.05, 3.63) is 66.4 Å². The molecule has 6 nitrogen and oxygen atoms in total. The number of carboxylic acids is 1. The molecule has 0 unspecified atom stereocenters. The number of rotatable bonds is 7. The maximum absolute atomic E-state index is 10.8. The van der Waals surface area contributed by atoms with Crippen LogP contribution in [0.1, 0.15) is 10.5 Å². The van der Waals surface area contributed by atoms with Crippen molar-refractivity contribution in [1.29, 1.82) is 0 Å². The molecule has 0 aliphatic rings. The van der Waals surface area contributed by atoms with Crippen molar-refractivity contribution in [3.8, 4) is 22.8 Å². The van der Waals surface area contributed by atoms with Crippen molar-refractivity contribution in [2.24, 2.45) is 0 Å². The molecule has 0 fully saturated rings. The first-order chi connectivity index (χ1) is 11.7. The Labute approximate surface area is 138 Å². The number of hydrogen-bond donors (Lipinski definition) is 1. The fraction of sp³-hybridized carbons (Fsp3) is 0.111. The molecule has 3 rings (SSSR count). The summed E-state index contributed by atoms with van der Waals surface area (Å²) >= 11 is 0. The van der Waals surface area contributed by atoms with E-state index in [1.165, 1.54) is 6.07 Å². The highest BCUT2D eigenvalue weighted by atomic mass is 16.5. The van der Waals surface area contributed by atoms with Crippen LogP contribution in [0.2, 0.25) is 0 Å². The van der Waals surface area contributed by atoms with Gasteiger partial charge in [-0.3, -0.25) is 0 Å². The van der Waals surface area contributed by atoms with E-state index in [4.69, 9.17) is 19.1 Å². The number of aromatic nitrogens is 1. The van der Waals surface area contributed by atoms with Crippen LogP contribution in [-0.4, -0.2) is 29.4 Å². The second kappa shape index (κ2) is 7.32. The molecule has 1 aromatic heterocycles. The van der Waals surface area contributed by atoms with Crippen molar-refractivity contribution in [2.75, 3.05) is 13.2 Å². The lowest BCUT2D eigenvalue weighted by atomic mass is 10.1. The number of carboxylic acid groups (broad SMARTS) is 1. The Hall–Kier alpha value is -3.28. The summed E-state index contributed by atoms with van der Waals surface area (Å²) in [5.74, 6) is 0.763. The van der Waals surface area contributed by atoms with Crippen molar-refractivity contribution in [3.63, 3.8) is 0 Å². The van der Waals surface area contributed by atoms with Crippen LogP contribution in [0.5, 0.6) is 11.5 Å². The minimum atomic E-state index is -1.12. The van der Waals surface area contributed by atoms with Crippen LogP contribution in [0.4, 0.5) is 0 Å². The van der Waals surface area contributed by atoms with Crippen LogP contribution in [0.3, 0.4) is 0 Å². The molecule has 0 amide bonds. The monoisotopic (exact) mass is 325 g/mol. The molecule has 24 heavy (non-hydrogen) atoms. The summed E-state index contributed by atoms with van der Waals surface area (Å²) < 4.78 is 16.1. The normalized spacial score (nSPS) is 10.3. The van der Waals surface area contributed by atoms with Gasteiger partial charge in [-0.25, -0.2) is 4.79 Å². The van der Waals surface area contributed by atoms with Crippen LogP contribution in [-0.2, 0) is 0 Å². The van der Waals surface area contributed by atoms with Crippen LogP contribution in [0, 0.1) is 0 Å². The molecule has 2 aromatic carbocycles. The largest absolute Gasteiger partial charge is 0.490 e. The minimum absolute atomic E-state index is 0.122. The van der Waals surface area contributed by atoms with Crippen molar-refractivity contribution in [1.82, 2.24) is 5.16 Å². The van der Waals surface area contributed by atoms with Gasteiger partial charge in [0.2, 0.25) is 0 Å². The minimum Gasteiger partial charge on any atom is -0.490 e. The predicted molar refractivity (Wildman–Crippen MR) is 86.3 cm³/mol. The van der Waals surface area contributed by atoms with Crippen LogP contribution < -0.4 is 9.47 Å². The molecule has 0 radical (unpaired) electrons. The van der Waals surface area contributed by atoms with Gasteiger partial charge in [0.1, 0.15) is 24.7 Å². The second-order valence-electron chi connectivity index (χ2n) is 4.92. The van der Waals surface area contributed by atoms with Gasteiger partial charge in [-0.2, -0.15) is 0 Å². The number of aromatic carboxylic acids is 1. The highest BCUT2D eigenvalue weighted by Gasteiger charge is 2.12. The van der Waals surface area contributed by atoms with E-state index in [1.54, 1.807) is 24.3 Å². The molecule has 1 N–H and O–H groups in total. The highest BCUT2D eigenvalue weighted by molar-refractivity contribution is 5.86. The van der Waals surface area contributed by atoms with Crippen molar-refractivity contribution < 1.29 is 23.9 Å². The first-order valence-electron chi connectivity index (χ1n) is 7.33. The molecule has 0 saturated heterocycles. The Morgan fingerprint density at radius 2 is 1.58 bits per heavy atom. The number of nitrogens with zero attached hydrogens (tertiary/aromatic N) is 1. The molecule has 6 heteroatoms. The molecular formula is C18H15NO5. The summed E-state index contributed by atoms with van der Waals surface area (Å²) in [5, 5.41) is 12.3. The Bertz CT molecular complexity index is 796. The van der Waals surface area contributed by atoms with Gasteiger partial charge in [-0.1, -0.05) is 23.4 Å². The fourth-order valence-corrected chi connectivity index (χ4v) is 2.06. The molecule has 0 aliphatic heterocycles. The molecule has 0 atom stereocenters. The predicted octanol–water partition coefficient (Wildman–Crippen LogP) is 3.50. The summed E-state index contributed by atoms with van der Waals surface area (Å²) in [5.41, 5.74) is 0.603. The average Bonchev–Trinajstić information content (AvgIpc) is 3.11. The van der Waals surface area contributed by atoms with Gasteiger partial charge in [0.25, 0.3) is 0 Å². The van der Waals surface area contributed by atoms with Gasteiger partial charge in [0.05, 0.1) is 0 Å². The molecule has 0 bridgehead atoms. The first kappa shape index (κ1) is 15.6. The zero-order valence-corrected chi connectivity index (χ0v) is 12.7. The third-order valence-electron chi connectivity index (χ3n) is 3.23. The third kappa shape index (κ3) is 3.92. The molecular weight excluding hydrogens is 310 g/mol. The number of para-hydroxylation sites is 1. The Morgan fingerprint density at radius 3 is 2.17 bits per heavy atom. The second-order valence-corrected chi connectivity index (χ2v) is 4.92. The van der Waals surface area contributed by atoms with Crippen molar-refractivity contribution in [2.45, 2.75) is 0 Å². The summed E-state index contributed by atoms with van der Waals surface area (Å²) in [7, 11) is 0. The van der Waals surface area contributed by atoms with Crippen LogP contribution >= 0.6 is 0 Å². The van der Waals surface area contributed by atoms with E-state index in [1.807, 2.05) is 30.3 Å². The average molecular weight is 325 g/mol. The number of carbonyl (C=O) groups is 1.